The van der Waals surface area contributed by atoms with Gasteiger partial charge in [-0.3, -0.25) is 4.79 Å². The number of rotatable bonds is 26. The summed E-state index contributed by atoms with van der Waals surface area (Å²) >= 11 is 0. The average molecular weight is 707 g/mol. The number of esters is 3. The van der Waals surface area contributed by atoms with Gasteiger partial charge in [-0.2, -0.15) is 0 Å². The van der Waals surface area contributed by atoms with Gasteiger partial charge in [-0.1, -0.05) is 0 Å². The molecule has 18 heteroatoms. The summed E-state index contributed by atoms with van der Waals surface area (Å²) in [5.74, 6) is -1.46. The van der Waals surface area contributed by atoms with Gasteiger partial charge in [0.05, 0.1) is 48.3 Å². The second-order valence-corrected chi connectivity index (χ2v) is 10.6. The zero-order chi connectivity index (χ0) is 36.7. The molecule has 0 aliphatic heterocycles. The number of methoxy groups -OCH3 is 4. The van der Waals surface area contributed by atoms with Gasteiger partial charge in [-0.15, -0.1) is 0 Å². The minimum atomic E-state index is -0.832. The summed E-state index contributed by atoms with van der Waals surface area (Å²) < 4.78 is 33.7. The van der Waals surface area contributed by atoms with E-state index in [1.54, 1.807) is 0 Å². The Morgan fingerprint density at radius 1 is 0.449 bits per heavy atom. The lowest BCUT2D eigenvalue weighted by Gasteiger charge is -2.15. The number of amides is 4. The van der Waals surface area contributed by atoms with E-state index >= 15 is 0 Å². The van der Waals surface area contributed by atoms with Crippen molar-refractivity contribution in [3.05, 3.63) is 0 Å². The molecule has 0 aromatic rings. The Hall–Kier alpha value is -4.51. The molecule has 4 N–H and O–H groups in total. The van der Waals surface area contributed by atoms with Crippen LogP contribution in [0.1, 0.15) is 83.5 Å². The van der Waals surface area contributed by atoms with Gasteiger partial charge in [0.1, 0.15) is 12.1 Å². The van der Waals surface area contributed by atoms with Crippen LogP contribution >= 0.6 is 0 Å². The number of nitrogens with one attached hydrogen (secondary N) is 4. The van der Waals surface area contributed by atoms with Gasteiger partial charge < -0.3 is 54.4 Å². The molecule has 0 radical (unpaired) electrons. The van der Waals surface area contributed by atoms with Crippen molar-refractivity contribution in [3.63, 3.8) is 0 Å². The molecule has 0 aliphatic carbocycles. The van der Waals surface area contributed by atoms with Crippen molar-refractivity contribution in [2.24, 2.45) is 0 Å². The first-order valence-corrected chi connectivity index (χ1v) is 16.4. The third-order valence-corrected chi connectivity index (χ3v) is 6.85. The van der Waals surface area contributed by atoms with Crippen molar-refractivity contribution in [2.75, 3.05) is 61.3 Å². The van der Waals surface area contributed by atoms with Crippen LogP contribution in [0.4, 0.5) is 19.2 Å². The Morgan fingerprint density at radius 3 is 1.27 bits per heavy atom. The largest absolute Gasteiger partial charge is 0.467 e. The van der Waals surface area contributed by atoms with Crippen LogP contribution in [0.3, 0.4) is 0 Å². The molecule has 4 amide bonds. The topological polar surface area (TPSA) is 232 Å². The van der Waals surface area contributed by atoms with E-state index in [1.807, 2.05) is 0 Å². The molecule has 0 aromatic heterocycles. The Morgan fingerprint density at radius 2 is 0.857 bits per heavy atom. The molecule has 2 atom stereocenters. The molecule has 0 spiro atoms. The highest BCUT2D eigenvalue weighted by atomic mass is 16.6. The van der Waals surface area contributed by atoms with Crippen LogP contribution in [0.25, 0.3) is 0 Å². The second-order valence-electron chi connectivity index (χ2n) is 10.6. The van der Waals surface area contributed by atoms with E-state index in [1.165, 1.54) is 28.4 Å². The van der Waals surface area contributed by atoms with Gasteiger partial charge in [0.2, 0.25) is 0 Å². The van der Waals surface area contributed by atoms with Crippen LogP contribution in [-0.4, -0.2) is 116 Å². The minimum absolute atomic E-state index is 0.210. The monoisotopic (exact) mass is 706 g/mol. The van der Waals surface area contributed by atoms with Crippen LogP contribution in [0.2, 0.25) is 0 Å². The lowest BCUT2D eigenvalue weighted by molar-refractivity contribution is -0.144. The summed E-state index contributed by atoms with van der Waals surface area (Å²) in [6.07, 6.45) is 4.39. The van der Waals surface area contributed by atoms with Crippen LogP contribution in [0.15, 0.2) is 0 Å². The molecule has 0 bridgehead atoms. The van der Waals surface area contributed by atoms with Crippen LogP contribution < -0.4 is 21.3 Å². The summed E-state index contributed by atoms with van der Waals surface area (Å²) in [5.41, 5.74) is 0. The standard InChI is InChI=1S/C31H54N4O14/c1-43-26(37)23(34-30(41)45-3)15-8-10-18-32-28(39)48-21-12-5-7-17-25(36)47-20-13-6-14-22-49-29(40)33-19-11-9-16-24(27(38)44-2)35-31(42)46-4/h23-24H,5-22H2,1-4H3,(H,32,39)(H,33,40)(H,34,41)(H,35,42). The first-order chi connectivity index (χ1) is 23.6. The number of unbranched alkanes of at least 4 members (excludes halogenated alkanes) is 6. The zero-order valence-corrected chi connectivity index (χ0v) is 29.1. The van der Waals surface area contributed by atoms with Crippen molar-refractivity contribution in [1.29, 1.82) is 0 Å². The van der Waals surface area contributed by atoms with E-state index in [0.717, 1.165) is 0 Å². The highest BCUT2D eigenvalue weighted by Crippen LogP contribution is 2.06. The Labute approximate surface area is 287 Å². The normalized spacial score (nSPS) is 11.5. The summed E-state index contributed by atoms with van der Waals surface area (Å²) in [5, 5.41) is 10.0. The van der Waals surface area contributed by atoms with Gasteiger partial charge in [0.25, 0.3) is 0 Å². The van der Waals surface area contributed by atoms with Crippen molar-refractivity contribution in [2.45, 2.75) is 95.6 Å². The fourth-order valence-electron chi connectivity index (χ4n) is 4.13. The van der Waals surface area contributed by atoms with E-state index in [-0.39, 0.29) is 32.2 Å². The lowest BCUT2D eigenvalue weighted by Crippen LogP contribution is -2.41. The van der Waals surface area contributed by atoms with E-state index in [4.69, 9.17) is 14.2 Å². The SMILES string of the molecule is COC(=O)NC(CCCCNC(=O)OCCCCCOC(=O)CCCCCOC(=O)NCCCCC(NC(=O)OC)C(=O)OC)C(=O)OC. The van der Waals surface area contributed by atoms with Gasteiger partial charge in [0, 0.05) is 19.5 Å². The molecule has 0 fully saturated rings. The summed E-state index contributed by atoms with van der Waals surface area (Å²) in [7, 11) is 4.84. The number of hydrogen-bond donors (Lipinski definition) is 4. The quantitative estimate of drug-likeness (QED) is 0.0576. The molecule has 282 valence electrons. The zero-order valence-electron chi connectivity index (χ0n) is 29.1. The van der Waals surface area contributed by atoms with E-state index < -0.39 is 48.4 Å². The van der Waals surface area contributed by atoms with Crippen molar-refractivity contribution >= 4 is 42.3 Å². The van der Waals surface area contributed by atoms with Gasteiger partial charge >= 0.3 is 42.3 Å². The molecule has 2 unspecified atom stereocenters. The van der Waals surface area contributed by atoms with Gasteiger partial charge in [-0.25, -0.2) is 28.8 Å². The summed E-state index contributed by atoms with van der Waals surface area (Å²) in [6, 6.07) is -1.66. The molecule has 0 saturated carbocycles. The number of carbonyl (C=O) groups is 7. The van der Waals surface area contributed by atoms with Crippen LogP contribution in [0, 0.1) is 0 Å². The predicted octanol–water partition coefficient (Wildman–Crippen LogP) is 2.85. The molecular weight excluding hydrogens is 652 g/mol. The average Bonchev–Trinajstić information content (AvgIpc) is 3.10. The summed E-state index contributed by atoms with van der Waals surface area (Å²) in [6.45, 7) is 1.38. The van der Waals surface area contributed by atoms with Crippen LogP contribution in [0.5, 0.6) is 0 Å². The van der Waals surface area contributed by atoms with Crippen LogP contribution in [-0.2, 0) is 47.5 Å². The molecule has 0 rings (SSSR count). The van der Waals surface area contributed by atoms with Gasteiger partial charge in [0.15, 0.2) is 0 Å². The highest BCUT2D eigenvalue weighted by Gasteiger charge is 2.22. The first kappa shape index (κ1) is 44.5. The van der Waals surface area contributed by atoms with E-state index in [0.29, 0.717) is 90.1 Å². The number of hydrogen-bond acceptors (Lipinski definition) is 14. The fraction of sp³-hybridized carbons (Fsp3) is 0.774. The summed E-state index contributed by atoms with van der Waals surface area (Å²) in [4.78, 5) is 81.6. The van der Waals surface area contributed by atoms with Crippen molar-refractivity contribution in [1.82, 2.24) is 21.3 Å². The fourth-order valence-corrected chi connectivity index (χ4v) is 4.13. The maximum Gasteiger partial charge on any atom is 0.407 e. The molecule has 0 saturated heterocycles. The Kier molecular flexibility index (Phi) is 26.9. The Balaban J connectivity index is 3.70. The molecule has 18 nitrogen and oxygen atoms in total. The van der Waals surface area contributed by atoms with Crippen molar-refractivity contribution in [3.8, 4) is 0 Å². The number of alkyl carbamates (subject to hydrolysis) is 4. The molecule has 0 aliphatic rings. The Bertz CT molecular complexity index is 997. The maximum atomic E-state index is 11.9. The molecule has 0 heterocycles. The van der Waals surface area contributed by atoms with Crippen molar-refractivity contribution < 1.29 is 66.7 Å². The van der Waals surface area contributed by atoms with E-state index in [9.17, 15) is 33.6 Å². The second kappa shape index (κ2) is 29.6. The smallest absolute Gasteiger partial charge is 0.407 e. The highest BCUT2D eigenvalue weighted by molar-refractivity contribution is 5.81. The number of ether oxygens (including phenoxy) is 7. The molecular formula is C31H54N4O14. The lowest BCUT2D eigenvalue weighted by atomic mass is 10.1. The third kappa shape index (κ3) is 25.2. The molecule has 0 aromatic carbocycles. The predicted molar refractivity (Wildman–Crippen MR) is 172 cm³/mol. The third-order valence-electron chi connectivity index (χ3n) is 6.85. The maximum absolute atomic E-state index is 11.9. The first-order valence-electron chi connectivity index (χ1n) is 16.4. The minimum Gasteiger partial charge on any atom is -0.467 e. The molecule has 49 heavy (non-hydrogen) atoms. The van der Waals surface area contributed by atoms with Gasteiger partial charge in [-0.05, 0) is 77.0 Å². The number of carbonyl (C=O) groups excluding carboxylic acids is 7. The van der Waals surface area contributed by atoms with E-state index in [2.05, 4.69) is 40.2 Å².